The molecule has 1 atom stereocenters. The van der Waals surface area contributed by atoms with E-state index in [1.807, 2.05) is 36.6 Å². The van der Waals surface area contributed by atoms with Crippen molar-refractivity contribution in [3.05, 3.63) is 52.5 Å². The molecule has 2 heterocycles. The highest BCUT2D eigenvalue weighted by molar-refractivity contribution is 7.12. The minimum absolute atomic E-state index is 0.236. The van der Waals surface area contributed by atoms with Crippen LogP contribution in [0.25, 0.3) is 11.0 Å². The molecule has 0 fully saturated rings. The Hall–Kier alpha value is -2.67. The van der Waals surface area contributed by atoms with Crippen molar-refractivity contribution in [1.29, 1.82) is 0 Å². The molecule has 0 saturated heterocycles. The van der Waals surface area contributed by atoms with Crippen LogP contribution in [0.5, 0.6) is 0 Å². The lowest BCUT2D eigenvalue weighted by molar-refractivity contribution is -0.122. The number of fused-ring (bicyclic) bond motifs is 1. The van der Waals surface area contributed by atoms with Gasteiger partial charge in [0.15, 0.2) is 0 Å². The van der Waals surface area contributed by atoms with E-state index in [9.17, 15) is 9.59 Å². The van der Waals surface area contributed by atoms with E-state index in [1.54, 1.807) is 19.1 Å². The molecule has 0 radical (unpaired) electrons. The first-order valence-corrected chi connectivity index (χ1v) is 9.04. The molecule has 25 heavy (non-hydrogen) atoms. The number of nitrogens with zero attached hydrogens (tertiary/aromatic N) is 2. The van der Waals surface area contributed by atoms with E-state index in [4.69, 9.17) is 0 Å². The van der Waals surface area contributed by atoms with Crippen molar-refractivity contribution in [2.45, 2.75) is 33.0 Å². The van der Waals surface area contributed by atoms with E-state index in [1.165, 1.54) is 11.3 Å². The third-order valence-corrected chi connectivity index (χ3v) is 4.83. The molecule has 7 heteroatoms. The van der Waals surface area contributed by atoms with Gasteiger partial charge in [-0.25, -0.2) is 4.98 Å². The average molecular weight is 356 g/mol. The Morgan fingerprint density at radius 3 is 2.76 bits per heavy atom. The third kappa shape index (κ3) is 3.71. The Bertz CT molecular complexity index is 886. The van der Waals surface area contributed by atoms with Crippen LogP contribution in [0.4, 0.5) is 0 Å². The number of hydrogen-bond donors (Lipinski definition) is 2. The lowest BCUT2D eigenvalue weighted by Crippen LogP contribution is -2.44. The minimum atomic E-state index is -0.617. The fourth-order valence-electron chi connectivity index (χ4n) is 2.67. The van der Waals surface area contributed by atoms with Gasteiger partial charge in [0.2, 0.25) is 5.91 Å². The SMILES string of the molecule is CCn1c(CNC(=O)C(C)NC(=O)c2cccs2)nc2ccccc21. The highest BCUT2D eigenvalue weighted by Crippen LogP contribution is 2.15. The maximum atomic E-state index is 12.3. The number of amides is 2. The van der Waals surface area contributed by atoms with Crippen LogP contribution in [-0.4, -0.2) is 27.4 Å². The van der Waals surface area contributed by atoms with Gasteiger partial charge in [-0.1, -0.05) is 18.2 Å². The number of rotatable bonds is 6. The van der Waals surface area contributed by atoms with Gasteiger partial charge >= 0.3 is 0 Å². The molecule has 3 rings (SSSR count). The maximum absolute atomic E-state index is 12.3. The number of imidazole rings is 1. The Kier molecular flexibility index (Phi) is 5.14. The number of carbonyl (C=O) groups excluding carboxylic acids is 2. The second kappa shape index (κ2) is 7.48. The zero-order valence-corrected chi connectivity index (χ0v) is 15.0. The van der Waals surface area contributed by atoms with E-state index < -0.39 is 6.04 Å². The predicted octanol–water partition coefficient (Wildman–Crippen LogP) is 2.55. The molecule has 130 valence electrons. The van der Waals surface area contributed by atoms with Crippen molar-refractivity contribution in [2.75, 3.05) is 0 Å². The Morgan fingerprint density at radius 1 is 1.24 bits per heavy atom. The van der Waals surface area contributed by atoms with Crippen molar-refractivity contribution >= 4 is 34.2 Å². The second-order valence-corrected chi connectivity index (χ2v) is 6.60. The number of nitrogens with one attached hydrogen (secondary N) is 2. The van der Waals surface area contributed by atoms with Crippen molar-refractivity contribution < 1.29 is 9.59 Å². The summed E-state index contributed by atoms with van der Waals surface area (Å²) in [4.78, 5) is 29.5. The van der Waals surface area contributed by atoms with E-state index in [0.29, 0.717) is 11.4 Å². The summed E-state index contributed by atoms with van der Waals surface area (Å²) < 4.78 is 2.07. The van der Waals surface area contributed by atoms with Gasteiger partial charge in [-0.3, -0.25) is 9.59 Å². The number of hydrogen-bond acceptors (Lipinski definition) is 4. The molecule has 0 spiro atoms. The first kappa shape index (κ1) is 17.2. The van der Waals surface area contributed by atoms with E-state index in [2.05, 4.69) is 20.2 Å². The first-order valence-electron chi connectivity index (χ1n) is 8.16. The normalized spacial score (nSPS) is 12.1. The number of thiophene rings is 1. The fourth-order valence-corrected chi connectivity index (χ4v) is 3.30. The van der Waals surface area contributed by atoms with Gasteiger partial charge in [-0.15, -0.1) is 11.3 Å². The highest BCUT2D eigenvalue weighted by atomic mass is 32.1. The van der Waals surface area contributed by atoms with Crippen LogP contribution in [0, 0.1) is 0 Å². The number of aromatic nitrogens is 2. The molecule has 2 aromatic heterocycles. The van der Waals surface area contributed by atoms with Crippen LogP contribution in [0.1, 0.15) is 29.3 Å². The molecule has 1 aromatic carbocycles. The third-order valence-electron chi connectivity index (χ3n) is 3.96. The number of carbonyl (C=O) groups is 2. The van der Waals surface area contributed by atoms with Crippen LogP contribution < -0.4 is 10.6 Å². The minimum Gasteiger partial charge on any atom is -0.347 e. The van der Waals surface area contributed by atoms with Gasteiger partial charge in [0, 0.05) is 6.54 Å². The fraction of sp³-hybridized carbons (Fsp3) is 0.278. The van der Waals surface area contributed by atoms with E-state index in [0.717, 1.165) is 23.4 Å². The van der Waals surface area contributed by atoms with Crippen molar-refractivity contribution in [3.8, 4) is 0 Å². The van der Waals surface area contributed by atoms with Gasteiger partial charge in [-0.05, 0) is 37.4 Å². The molecule has 0 aliphatic rings. The van der Waals surface area contributed by atoms with E-state index >= 15 is 0 Å². The standard InChI is InChI=1S/C18H20N4O2S/c1-3-22-14-8-5-4-7-13(14)21-16(22)11-19-17(23)12(2)20-18(24)15-9-6-10-25-15/h4-10,12H,3,11H2,1-2H3,(H,19,23)(H,20,24). The molecule has 0 aliphatic heterocycles. The summed E-state index contributed by atoms with van der Waals surface area (Å²) in [5.74, 6) is 0.326. The van der Waals surface area contributed by atoms with Gasteiger partial charge < -0.3 is 15.2 Å². The van der Waals surface area contributed by atoms with Crippen molar-refractivity contribution in [3.63, 3.8) is 0 Å². The molecule has 0 saturated carbocycles. The number of aryl methyl sites for hydroxylation is 1. The summed E-state index contributed by atoms with van der Waals surface area (Å²) in [6.07, 6.45) is 0. The number of benzene rings is 1. The second-order valence-electron chi connectivity index (χ2n) is 5.65. The lowest BCUT2D eigenvalue weighted by Gasteiger charge is -2.14. The van der Waals surface area contributed by atoms with Crippen LogP contribution >= 0.6 is 11.3 Å². The molecular formula is C18H20N4O2S. The quantitative estimate of drug-likeness (QED) is 0.713. The molecule has 1 unspecified atom stereocenters. The Labute approximate surface area is 149 Å². The summed E-state index contributed by atoms with van der Waals surface area (Å²) in [6, 6.07) is 10.8. The molecule has 6 nitrogen and oxygen atoms in total. The summed E-state index contributed by atoms with van der Waals surface area (Å²) in [5, 5.41) is 7.39. The van der Waals surface area contributed by atoms with Crippen LogP contribution in [0.2, 0.25) is 0 Å². The summed E-state index contributed by atoms with van der Waals surface area (Å²) in [6.45, 7) is 4.81. The first-order chi connectivity index (χ1) is 12.1. The summed E-state index contributed by atoms with van der Waals surface area (Å²) in [7, 11) is 0. The average Bonchev–Trinajstić information content (AvgIpc) is 3.26. The summed E-state index contributed by atoms with van der Waals surface area (Å²) in [5.41, 5.74) is 1.96. The molecular weight excluding hydrogens is 336 g/mol. The lowest BCUT2D eigenvalue weighted by atomic mass is 10.3. The van der Waals surface area contributed by atoms with Crippen LogP contribution in [0.3, 0.4) is 0 Å². The Balaban J connectivity index is 1.63. The van der Waals surface area contributed by atoms with Crippen LogP contribution in [0.15, 0.2) is 41.8 Å². The topological polar surface area (TPSA) is 76.0 Å². The van der Waals surface area contributed by atoms with Crippen LogP contribution in [-0.2, 0) is 17.9 Å². The maximum Gasteiger partial charge on any atom is 0.261 e. The molecule has 2 N–H and O–H groups in total. The number of para-hydroxylation sites is 2. The zero-order chi connectivity index (χ0) is 17.8. The Morgan fingerprint density at radius 2 is 2.04 bits per heavy atom. The van der Waals surface area contributed by atoms with Gasteiger partial charge in [0.1, 0.15) is 11.9 Å². The largest absolute Gasteiger partial charge is 0.347 e. The highest BCUT2D eigenvalue weighted by Gasteiger charge is 2.18. The zero-order valence-electron chi connectivity index (χ0n) is 14.2. The predicted molar refractivity (Wildman–Crippen MR) is 98.5 cm³/mol. The smallest absolute Gasteiger partial charge is 0.261 e. The summed E-state index contributed by atoms with van der Waals surface area (Å²) >= 11 is 1.35. The van der Waals surface area contributed by atoms with Gasteiger partial charge in [0.05, 0.1) is 22.5 Å². The molecule has 3 aromatic rings. The molecule has 0 aliphatic carbocycles. The van der Waals surface area contributed by atoms with E-state index in [-0.39, 0.29) is 11.8 Å². The van der Waals surface area contributed by atoms with Crippen molar-refractivity contribution in [2.24, 2.45) is 0 Å². The van der Waals surface area contributed by atoms with Crippen molar-refractivity contribution in [1.82, 2.24) is 20.2 Å². The molecule has 2 amide bonds. The van der Waals surface area contributed by atoms with Gasteiger partial charge in [0.25, 0.3) is 5.91 Å². The van der Waals surface area contributed by atoms with Gasteiger partial charge in [-0.2, -0.15) is 0 Å². The molecule has 0 bridgehead atoms. The monoisotopic (exact) mass is 356 g/mol.